The molecule has 9 heteroatoms. The topological polar surface area (TPSA) is 71.8 Å². The monoisotopic (exact) mass is 503 g/mol. The fraction of sp³-hybridized carbons (Fsp3) is 0.222. The van der Waals surface area contributed by atoms with E-state index in [9.17, 15) is 9.18 Å². The first-order chi connectivity index (χ1) is 17.5. The number of thiazole rings is 1. The predicted octanol–water partition coefficient (Wildman–Crippen LogP) is 4.96. The Labute approximate surface area is 212 Å². The van der Waals surface area contributed by atoms with Gasteiger partial charge in [0.05, 0.1) is 35.6 Å². The molecular weight excluding hydrogens is 477 g/mol. The summed E-state index contributed by atoms with van der Waals surface area (Å²) in [5.41, 5.74) is 7.41. The van der Waals surface area contributed by atoms with Gasteiger partial charge in [0.15, 0.2) is 5.13 Å². The van der Waals surface area contributed by atoms with Crippen molar-refractivity contribution in [2.75, 3.05) is 31.2 Å². The van der Waals surface area contributed by atoms with E-state index in [-0.39, 0.29) is 11.7 Å². The molecule has 2 aromatic heterocycles. The number of rotatable bonds is 6. The van der Waals surface area contributed by atoms with Gasteiger partial charge in [0.1, 0.15) is 5.82 Å². The zero-order valence-corrected chi connectivity index (χ0v) is 20.9. The lowest BCUT2D eigenvalue weighted by Gasteiger charge is -2.26. The Morgan fingerprint density at radius 3 is 2.56 bits per heavy atom. The molecule has 0 spiro atoms. The number of hydrogen-bond donors (Lipinski definition) is 1. The second-order valence-electron chi connectivity index (χ2n) is 8.47. The Bertz CT molecular complexity index is 1390. The number of nitrogens with zero attached hydrogens (tertiary/aromatic N) is 4. The minimum atomic E-state index is -0.313. The average Bonchev–Trinajstić information content (AvgIpc) is 3.46. The number of morpholine rings is 1. The van der Waals surface area contributed by atoms with E-state index in [1.165, 1.54) is 12.1 Å². The number of anilines is 1. The molecule has 0 unspecified atom stereocenters. The number of hydrogen-bond acceptors (Lipinski definition) is 6. The molecule has 5 rings (SSSR count). The molecule has 1 amide bonds. The Morgan fingerprint density at radius 2 is 1.83 bits per heavy atom. The van der Waals surface area contributed by atoms with Crippen molar-refractivity contribution in [1.82, 2.24) is 15.0 Å². The predicted molar refractivity (Wildman–Crippen MR) is 141 cm³/mol. The molecule has 36 heavy (non-hydrogen) atoms. The highest BCUT2D eigenvalue weighted by Gasteiger charge is 2.20. The molecule has 0 radical (unpaired) electrons. The van der Waals surface area contributed by atoms with Crippen molar-refractivity contribution in [3.8, 4) is 16.9 Å². The molecule has 1 N–H and O–H groups in total. The van der Waals surface area contributed by atoms with Gasteiger partial charge >= 0.3 is 0 Å². The standard InChI is InChI=1S/C27H26FN5O2S/c1-18-16-23(19(2)33(18)22-10-8-21(28)9-11-22)26(34)31-29-17-24-25(20-6-4-3-5-7-20)30-27(36-24)32-12-14-35-15-13-32/h3-11,16-17H,12-15H2,1-2H3,(H,31,34)/b29-17+. The first-order valence-electron chi connectivity index (χ1n) is 11.7. The molecule has 1 aliphatic rings. The van der Waals surface area contributed by atoms with Gasteiger partial charge in [-0.2, -0.15) is 5.10 Å². The van der Waals surface area contributed by atoms with E-state index in [4.69, 9.17) is 9.72 Å². The summed E-state index contributed by atoms with van der Waals surface area (Å²) in [6.07, 6.45) is 1.65. The van der Waals surface area contributed by atoms with Gasteiger partial charge in [0.2, 0.25) is 0 Å². The number of ether oxygens (including phenoxy) is 1. The molecule has 0 atom stereocenters. The van der Waals surface area contributed by atoms with Gasteiger partial charge in [-0.3, -0.25) is 4.79 Å². The van der Waals surface area contributed by atoms with Gasteiger partial charge in [-0.05, 0) is 44.2 Å². The fourth-order valence-electron chi connectivity index (χ4n) is 4.29. The van der Waals surface area contributed by atoms with E-state index in [1.807, 2.05) is 54.8 Å². The van der Waals surface area contributed by atoms with Gasteiger partial charge in [-0.15, -0.1) is 0 Å². The van der Waals surface area contributed by atoms with Crippen molar-refractivity contribution in [3.05, 3.63) is 88.3 Å². The van der Waals surface area contributed by atoms with Gasteiger partial charge in [0.25, 0.3) is 5.91 Å². The largest absolute Gasteiger partial charge is 0.378 e. The number of aryl methyl sites for hydroxylation is 1. The molecule has 7 nitrogen and oxygen atoms in total. The average molecular weight is 504 g/mol. The lowest BCUT2D eigenvalue weighted by Crippen LogP contribution is -2.36. The third-order valence-electron chi connectivity index (χ3n) is 6.08. The summed E-state index contributed by atoms with van der Waals surface area (Å²) in [7, 11) is 0. The van der Waals surface area contributed by atoms with E-state index in [0.717, 1.165) is 51.4 Å². The Kier molecular flexibility index (Phi) is 6.92. The Morgan fingerprint density at radius 1 is 1.11 bits per heavy atom. The molecule has 2 aromatic carbocycles. The minimum absolute atomic E-state index is 0.303. The zero-order valence-electron chi connectivity index (χ0n) is 20.1. The first-order valence-corrected chi connectivity index (χ1v) is 12.5. The number of aromatic nitrogens is 2. The van der Waals surface area contributed by atoms with E-state index >= 15 is 0 Å². The van der Waals surface area contributed by atoms with Gasteiger partial charge in [-0.1, -0.05) is 41.7 Å². The third-order valence-corrected chi connectivity index (χ3v) is 7.13. The number of carbonyl (C=O) groups is 1. The van der Waals surface area contributed by atoms with E-state index in [2.05, 4.69) is 15.4 Å². The van der Waals surface area contributed by atoms with Crippen LogP contribution in [0.25, 0.3) is 16.9 Å². The second kappa shape index (κ2) is 10.4. The quantitative estimate of drug-likeness (QED) is 0.298. The maximum absolute atomic E-state index is 13.4. The lowest BCUT2D eigenvalue weighted by molar-refractivity contribution is 0.0954. The van der Waals surface area contributed by atoms with E-state index < -0.39 is 0 Å². The van der Waals surface area contributed by atoms with Crippen LogP contribution in [0.4, 0.5) is 9.52 Å². The molecule has 4 aromatic rings. The van der Waals surface area contributed by atoms with Crippen molar-refractivity contribution in [1.29, 1.82) is 0 Å². The second-order valence-corrected chi connectivity index (χ2v) is 9.48. The van der Waals surface area contributed by atoms with Gasteiger partial charge in [0, 0.05) is 35.7 Å². The maximum Gasteiger partial charge on any atom is 0.273 e. The van der Waals surface area contributed by atoms with Crippen LogP contribution in [0.3, 0.4) is 0 Å². The summed E-state index contributed by atoms with van der Waals surface area (Å²) in [5, 5.41) is 5.18. The number of carbonyl (C=O) groups excluding carboxylic acids is 1. The molecule has 0 bridgehead atoms. The fourth-order valence-corrected chi connectivity index (χ4v) is 5.30. The molecule has 1 fully saturated rings. The molecule has 1 saturated heterocycles. The van der Waals surface area contributed by atoms with Gasteiger partial charge < -0.3 is 14.2 Å². The highest BCUT2D eigenvalue weighted by atomic mass is 32.1. The molecule has 0 saturated carbocycles. The highest BCUT2D eigenvalue weighted by molar-refractivity contribution is 7.17. The summed E-state index contributed by atoms with van der Waals surface area (Å²) in [4.78, 5) is 20.9. The molecule has 184 valence electrons. The minimum Gasteiger partial charge on any atom is -0.378 e. The smallest absolute Gasteiger partial charge is 0.273 e. The molecule has 1 aliphatic heterocycles. The van der Waals surface area contributed by atoms with E-state index in [1.54, 1.807) is 29.7 Å². The molecular formula is C27H26FN5O2S. The summed E-state index contributed by atoms with van der Waals surface area (Å²) < 4.78 is 20.8. The van der Waals surface area contributed by atoms with Crippen LogP contribution in [0.2, 0.25) is 0 Å². The molecule has 3 heterocycles. The van der Waals surface area contributed by atoms with Crippen LogP contribution in [-0.2, 0) is 4.74 Å². The number of amides is 1. The summed E-state index contributed by atoms with van der Waals surface area (Å²) in [6.45, 7) is 6.71. The lowest BCUT2D eigenvalue weighted by atomic mass is 10.1. The van der Waals surface area contributed by atoms with Crippen LogP contribution in [0.5, 0.6) is 0 Å². The third kappa shape index (κ3) is 4.93. The SMILES string of the molecule is Cc1cc(C(=O)N/N=C/c2sc(N3CCOCC3)nc2-c2ccccc2)c(C)n1-c1ccc(F)cc1. The maximum atomic E-state index is 13.4. The molecule has 0 aliphatic carbocycles. The number of nitrogens with one attached hydrogen (secondary N) is 1. The van der Waals surface area contributed by atoms with Crippen LogP contribution < -0.4 is 10.3 Å². The van der Waals surface area contributed by atoms with Crippen LogP contribution in [0.1, 0.15) is 26.6 Å². The Balaban J connectivity index is 1.38. The van der Waals surface area contributed by atoms with Crippen molar-refractivity contribution in [2.45, 2.75) is 13.8 Å². The van der Waals surface area contributed by atoms with Crippen molar-refractivity contribution >= 4 is 28.6 Å². The summed E-state index contributed by atoms with van der Waals surface area (Å²) in [5.74, 6) is -0.616. The number of benzene rings is 2. The highest BCUT2D eigenvalue weighted by Crippen LogP contribution is 2.32. The summed E-state index contributed by atoms with van der Waals surface area (Å²) >= 11 is 1.54. The van der Waals surface area contributed by atoms with Crippen LogP contribution in [0, 0.1) is 19.7 Å². The summed E-state index contributed by atoms with van der Waals surface area (Å²) in [6, 6.07) is 17.9. The van der Waals surface area contributed by atoms with Crippen molar-refractivity contribution in [3.63, 3.8) is 0 Å². The van der Waals surface area contributed by atoms with Gasteiger partial charge in [-0.25, -0.2) is 14.8 Å². The van der Waals surface area contributed by atoms with Crippen LogP contribution in [-0.4, -0.2) is 48.0 Å². The van der Waals surface area contributed by atoms with E-state index in [0.29, 0.717) is 18.8 Å². The van der Waals surface area contributed by atoms with Crippen molar-refractivity contribution < 1.29 is 13.9 Å². The Hall–Kier alpha value is -3.82. The number of hydrazone groups is 1. The van der Waals surface area contributed by atoms with Crippen LogP contribution >= 0.6 is 11.3 Å². The zero-order chi connectivity index (χ0) is 25.1. The number of halogens is 1. The van der Waals surface area contributed by atoms with Crippen LogP contribution in [0.15, 0.2) is 65.8 Å². The first kappa shape index (κ1) is 23.9. The van der Waals surface area contributed by atoms with Crippen molar-refractivity contribution in [2.24, 2.45) is 5.10 Å². The normalized spacial score (nSPS) is 13.9.